The minimum atomic E-state index is 0.424. The first kappa shape index (κ1) is 14.0. The van der Waals surface area contributed by atoms with Crippen molar-refractivity contribution >= 4 is 23.0 Å². The summed E-state index contributed by atoms with van der Waals surface area (Å²) >= 11 is 5.23. The lowest BCUT2D eigenvalue weighted by molar-refractivity contribution is 0.753. The van der Waals surface area contributed by atoms with E-state index in [4.69, 9.17) is 18.0 Å². The van der Waals surface area contributed by atoms with Crippen molar-refractivity contribution < 1.29 is 0 Å². The van der Waals surface area contributed by atoms with Crippen molar-refractivity contribution in [1.82, 2.24) is 4.98 Å². The summed E-state index contributed by atoms with van der Waals surface area (Å²) in [7, 11) is 0. The molecule has 0 atom stereocenters. The number of fused-ring (bicyclic) bond motifs is 1. The Morgan fingerprint density at radius 2 is 2.00 bits per heavy atom. The van der Waals surface area contributed by atoms with Crippen LogP contribution in [0.5, 0.6) is 0 Å². The van der Waals surface area contributed by atoms with E-state index in [1.807, 2.05) is 19.2 Å². The number of anilines is 1. The molecule has 2 aromatic rings. The Balaban J connectivity index is 2.02. The summed E-state index contributed by atoms with van der Waals surface area (Å²) in [5.74, 6) is 0.916. The fraction of sp³-hybridized carbons (Fsp3) is 0.294. The van der Waals surface area contributed by atoms with Crippen molar-refractivity contribution in [2.75, 3.05) is 11.4 Å². The first-order chi connectivity index (χ1) is 10.2. The Labute approximate surface area is 130 Å². The van der Waals surface area contributed by atoms with E-state index in [2.05, 4.69) is 34.1 Å². The van der Waals surface area contributed by atoms with Crippen molar-refractivity contribution in [2.24, 2.45) is 5.73 Å². The second-order valence-corrected chi connectivity index (χ2v) is 5.92. The second-order valence-electron chi connectivity index (χ2n) is 5.48. The van der Waals surface area contributed by atoms with Gasteiger partial charge in [0, 0.05) is 19.3 Å². The number of hydrogen-bond acceptors (Lipinski definition) is 3. The van der Waals surface area contributed by atoms with Gasteiger partial charge in [-0.25, -0.2) is 4.98 Å². The molecule has 0 bridgehead atoms. The van der Waals surface area contributed by atoms with E-state index >= 15 is 0 Å². The highest BCUT2D eigenvalue weighted by Gasteiger charge is 2.20. The SMILES string of the molecule is Cc1ccnc(N2CCCc3ccccc3C2)c1C(N)=S. The van der Waals surface area contributed by atoms with Gasteiger partial charge in [0.25, 0.3) is 0 Å². The van der Waals surface area contributed by atoms with Gasteiger partial charge in [-0.05, 0) is 42.5 Å². The van der Waals surface area contributed by atoms with Gasteiger partial charge in [-0.15, -0.1) is 0 Å². The third kappa shape index (κ3) is 2.76. The molecule has 0 saturated heterocycles. The molecule has 1 aromatic heterocycles. The number of nitrogens with zero attached hydrogens (tertiary/aromatic N) is 2. The maximum atomic E-state index is 5.92. The van der Waals surface area contributed by atoms with E-state index in [0.29, 0.717) is 4.99 Å². The third-order valence-electron chi connectivity index (χ3n) is 4.04. The molecule has 0 radical (unpaired) electrons. The summed E-state index contributed by atoms with van der Waals surface area (Å²) in [6.07, 6.45) is 4.06. The Morgan fingerprint density at radius 3 is 2.76 bits per heavy atom. The van der Waals surface area contributed by atoms with Crippen LogP contribution in [0.1, 0.15) is 28.7 Å². The van der Waals surface area contributed by atoms with Crippen molar-refractivity contribution in [1.29, 1.82) is 0 Å². The van der Waals surface area contributed by atoms with Gasteiger partial charge >= 0.3 is 0 Å². The molecule has 3 nitrogen and oxygen atoms in total. The van der Waals surface area contributed by atoms with Crippen LogP contribution in [-0.4, -0.2) is 16.5 Å². The van der Waals surface area contributed by atoms with E-state index in [0.717, 1.165) is 42.9 Å². The maximum Gasteiger partial charge on any atom is 0.139 e. The first-order valence-corrected chi connectivity index (χ1v) is 7.65. The number of nitrogens with two attached hydrogens (primary N) is 1. The molecule has 0 saturated carbocycles. The van der Waals surface area contributed by atoms with E-state index in [-0.39, 0.29) is 0 Å². The third-order valence-corrected chi connectivity index (χ3v) is 4.24. The van der Waals surface area contributed by atoms with Crippen LogP contribution in [0.25, 0.3) is 0 Å². The number of pyridine rings is 1. The first-order valence-electron chi connectivity index (χ1n) is 7.24. The van der Waals surface area contributed by atoms with Gasteiger partial charge in [0.1, 0.15) is 10.8 Å². The summed E-state index contributed by atoms with van der Waals surface area (Å²) in [4.78, 5) is 7.28. The minimum absolute atomic E-state index is 0.424. The molecule has 2 heterocycles. The van der Waals surface area contributed by atoms with Gasteiger partial charge in [0.2, 0.25) is 0 Å². The summed E-state index contributed by atoms with van der Waals surface area (Å²) in [5.41, 5.74) is 10.7. The normalized spacial score (nSPS) is 14.4. The molecule has 1 aliphatic rings. The average Bonchev–Trinajstić information content (AvgIpc) is 2.68. The van der Waals surface area contributed by atoms with Crippen LogP contribution in [0.2, 0.25) is 0 Å². The fourth-order valence-corrected chi connectivity index (χ4v) is 3.22. The van der Waals surface area contributed by atoms with E-state index in [1.54, 1.807) is 0 Å². The van der Waals surface area contributed by atoms with Gasteiger partial charge in [0.05, 0.1) is 5.56 Å². The predicted molar refractivity (Wildman–Crippen MR) is 90.7 cm³/mol. The van der Waals surface area contributed by atoms with Crippen LogP contribution in [0.15, 0.2) is 36.5 Å². The minimum Gasteiger partial charge on any atom is -0.389 e. The number of rotatable bonds is 2. The van der Waals surface area contributed by atoms with Crippen molar-refractivity contribution in [2.45, 2.75) is 26.3 Å². The maximum absolute atomic E-state index is 5.92. The Bertz CT molecular complexity index is 681. The summed E-state index contributed by atoms with van der Waals surface area (Å²) in [6, 6.07) is 10.6. The van der Waals surface area contributed by atoms with Crippen molar-refractivity contribution in [3.8, 4) is 0 Å². The predicted octanol–water partition coefficient (Wildman–Crippen LogP) is 2.98. The second kappa shape index (κ2) is 5.82. The molecular weight excluding hydrogens is 278 g/mol. The van der Waals surface area contributed by atoms with Crippen LogP contribution >= 0.6 is 12.2 Å². The lowest BCUT2D eigenvalue weighted by atomic mass is 10.0. The molecule has 2 N–H and O–H groups in total. The van der Waals surface area contributed by atoms with Gasteiger partial charge in [0.15, 0.2) is 0 Å². The van der Waals surface area contributed by atoms with Crippen molar-refractivity contribution in [3.63, 3.8) is 0 Å². The number of hydrogen-bond donors (Lipinski definition) is 1. The zero-order chi connectivity index (χ0) is 14.8. The lowest BCUT2D eigenvalue weighted by Gasteiger charge is -2.25. The molecule has 0 amide bonds. The van der Waals surface area contributed by atoms with E-state index < -0.39 is 0 Å². The molecule has 1 aromatic carbocycles. The van der Waals surface area contributed by atoms with Gasteiger partial charge < -0.3 is 10.6 Å². The molecule has 21 heavy (non-hydrogen) atoms. The quantitative estimate of drug-likeness (QED) is 0.865. The molecule has 1 aliphatic heterocycles. The molecule has 0 fully saturated rings. The Morgan fingerprint density at radius 1 is 1.24 bits per heavy atom. The molecule has 0 spiro atoms. The average molecular weight is 297 g/mol. The topological polar surface area (TPSA) is 42.2 Å². The molecule has 3 rings (SSSR count). The van der Waals surface area contributed by atoms with Crippen LogP contribution in [0.4, 0.5) is 5.82 Å². The van der Waals surface area contributed by atoms with Crippen LogP contribution in [0, 0.1) is 6.92 Å². The molecule has 0 aliphatic carbocycles. The fourth-order valence-electron chi connectivity index (χ4n) is 2.97. The van der Waals surface area contributed by atoms with E-state index in [9.17, 15) is 0 Å². The Kier molecular flexibility index (Phi) is 3.88. The highest BCUT2D eigenvalue weighted by molar-refractivity contribution is 7.80. The summed E-state index contributed by atoms with van der Waals surface area (Å²) in [5, 5.41) is 0. The smallest absolute Gasteiger partial charge is 0.139 e. The summed E-state index contributed by atoms with van der Waals surface area (Å²) < 4.78 is 0. The zero-order valence-corrected chi connectivity index (χ0v) is 13.0. The number of benzene rings is 1. The van der Waals surface area contributed by atoms with Gasteiger partial charge in [-0.2, -0.15) is 0 Å². The van der Waals surface area contributed by atoms with Crippen molar-refractivity contribution in [3.05, 3.63) is 58.8 Å². The van der Waals surface area contributed by atoms with Crippen LogP contribution < -0.4 is 10.6 Å². The highest BCUT2D eigenvalue weighted by Crippen LogP contribution is 2.26. The molecule has 108 valence electrons. The highest BCUT2D eigenvalue weighted by atomic mass is 32.1. The van der Waals surface area contributed by atoms with E-state index in [1.165, 1.54) is 11.1 Å². The van der Waals surface area contributed by atoms with Crippen LogP contribution in [0.3, 0.4) is 0 Å². The standard InChI is InChI=1S/C17H19N3S/c1-12-8-9-19-17(15(12)16(18)21)20-10-4-7-13-5-2-3-6-14(13)11-20/h2-3,5-6,8-9H,4,7,10-11H2,1H3,(H2,18,21). The van der Waals surface area contributed by atoms with Gasteiger partial charge in [-0.3, -0.25) is 0 Å². The summed E-state index contributed by atoms with van der Waals surface area (Å²) in [6.45, 7) is 3.87. The number of aryl methyl sites for hydroxylation is 2. The Hall–Kier alpha value is -1.94. The van der Waals surface area contributed by atoms with Crippen LogP contribution in [-0.2, 0) is 13.0 Å². The molecule has 4 heteroatoms. The number of thiocarbonyl (C=S) groups is 1. The number of aromatic nitrogens is 1. The largest absolute Gasteiger partial charge is 0.389 e. The zero-order valence-electron chi connectivity index (χ0n) is 12.2. The monoisotopic (exact) mass is 297 g/mol. The molecular formula is C17H19N3S. The molecule has 0 unspecified atom stereocenters. The lowest BCUT2D eigenvalue weighted by Crippen LogP contribution is -2.27. The van der Waals surface area contributed by atoms with Gasteiger partial charge in [-0.1, -0.05) is 36.5 Å².